The summed E-state index contributed by atoms with van der Waals surface area (Å²) < 4.78 is 0. The fourth-order valence-electron chi connectivity index (χ4n) is 1.96. The van der Waals surface area contributed by atoms with Gasteiger partial charge in [-0.1, -0.05) is 6.07 Å². The topological polar surface area (TPSA) is 56.3 Å². The molecule has 1 atom stereocenters. The van der Waals surface area contributed by atoms with Gasteiger partial charge >= 0.3 is 0 Å². The first kappa shape index (κ1) is 12.6. The molecule has 1 heterocycles. The molecule has 0 fully saturated rings. The number of carbonyl (C=O) groups is 1. The SMILES string of the molecule is CC(O)CCN(C)C(=O)c1cccc2[nH]ccc12. The molecule has 0 spiro atoms. The lowest BCUT2D eigenvalue weighted by atomic mass is 10.1. The van der Waals surface area contributed by atoms with Crippen LogP contribution in [0.3, 0.4) is 0 Å². The second-order valence-electron chi connectivity index (χ2n) is 4.61. The fraction of sp³-hybridized carbons (Fsp3) is 0.357. The molecular formula is C14H18N2O2. The second-order valence-corrected chi connectivity index (χ2v) is 4.61. The van der Waals surface area contributed by atoms with E-state index in [2.05, 4.69) is 4.98 Å². The molecule has 96 valence electrons. The molecule has 18 heavy (non-hydrogen) atoms. The van der Waals surface area contributed by atoms with Crippen LogP contribution in [-0.4, -0.2) is 40.6 Å². The Balaban J connectivity index is 2.20. The van der Waals surface area contributed by atoms with E-state index in [0.717, 1.165) is 10.9 Å². The summed E-state index contributed by atoms with van der Waals surface area (Å²) in [6.45, 7) is 2.28. The molecule has 0 saturated heterocycles. The third-order valence-corrected chi connectivity index (χ3v) is 3.05. The lowest BCUT2D eigenvalue weighted by Crippen LogP contribution is -2.29. The van der Waals surface area contributed by atoms with E-state index in [4.69, 9.17) is 0 Å². The van der Waals surface area contributed by atoms with Gasteiger partial charge in [0.05, 0.1) is 6.10 Å². The molecular weight excluding hydrogens is 228 g/mol. The Hall–Kier alpha value is -1.81. The van der Waals surface area contributed by atoms with E-state index in [0.29, 0.717) is 18.5 Å². The van der Waals surface area contributed by atoms with Crippen molar-refractivity contribution in [2.45, 2.75) is 19.4 Å². The summed E-state index contributed by atoms with van der Waals surface area (Å²) in [6.07, 6.45) is 2.03. The van der Waals surface area contributed by atoms with Crippen molar-refractivity contribution in [2.24, 2.45) is 0 Å². The number of hydrogen-bond donors (Lipinski definition) is 2. The fourth-order valence-corrected chi connectivity index (χ4v) is 1.96. The number of H-pyrrole nitrogens is 1. The van der Waals surface area contributed by atoms with Crippen molar-refractivity contribution in [2.75, 3.05) is 13.6 Å². The van der Waals surface area contributed by atoms with Crippen molar-refractivity contribution in [3.63, 3.8) is 0 Å². The number of aromatic nitrogens is 1. The number of fused-ring (bicyclic) bond motifs is 1. The van der Waals surface area contributed by atoms with Gasteiger partial charge in [0.25, 0.3) is 5.91 Å². The van der Waals surface area contributed by atoms with Crippen LogP contribution in [0.5, 0.6) is 0 Å². The lowest BCUT2D eigenvalue weighted by molar-refractivity contribution is 0.0771. The minimum Gasteiger partial charge on any atom is -0.393 e. The summed E-state index contributed by atoms with van der Waals surface area (Å²) in [5.41, 5.74) is 1.66. The van der Waals surface area contributed by atoms with E-state index in [1.165, 1.54) is 0 Å². The van der Waals surface area contributed by atoms with Crippen LogP contribution in [0.2, 0.25) is 0 Å². The van der Waals surface area contributed by atoms with Crippen molar-refractivity contribution in [3.05, 3.63) is 36.0 Å². The molecule has 2 rings (SSSR count). The Bertz CT molecular complexity index is 545. The summed E-state index contributed by atoms with van der Waals surface area (Å²) in [7, 11) is 1.76. The van der Waals surface area contributed by atoms with Crippen LogP contribution in [0, 0.1) is 0 Å². The first-order valence-electron chi connectivity index (χ1n) is 6.09. The van der Waals surface area contributed by atoms with E-state index in [1.807, 2.05) is 30.5 Å². The molecule has 1 aromatic heterocycles. The molecule has 0 bridgehead atoms. The van der Waals surface area contributed by atoms with Gasteiger partial charge in [-0.2, -0.15) is 0 Å². The van der Waals surface area contributed by atoms with Crippen LogP contribution in [0.15, 0.2) is 30.5 Å². The third-order valence-electron chi connectivity index (χ3n) is 3.05. The van der Waals surface area contributed by atoms with E-state index < -0.39 is 0 Å². The van der Waals surface area contributed by atoms with Crippen LogP contribution in [0.4, 0.5) is 0 Å². The zero-order valence-corrected chi connectivity index (χ0v) is 10.7. The Labute approximate surface area is 106 Å². The molecule has 4 nitrogen and oxygen atoms in total. The number of nitrogens with one attached hydrogen (secondary N) is 1. The molecule has 4 heteroatoms. The number of aliphatic hydroxyl groups is 1. The number of aromatic amines is 1. The Kier molecular flexibility index (Phi) is 3.67. The average Bonchev–Trinajstić information content (AvgIpc) is 2.82. The molecule has 1 amide bonds. The lowest BCUT2D eigenvalue weighted by Gasteiger charge is -2.18. The van der Waals surface area contributed by atoms with Crippen molar-refractivity contribution < 1.29 is 9.90 Å². The first-order valence-corrected chi connectivity index (χ1v) is 6.09. The number of benzene rings is 1. The zero-order valence-electron chi connectivity index (χ0n) is 10.7. The minimum absolute atomic E-state index is 0.0131. The van der Waals surface area contributed by atoms with E-state index in [-0.39, 0.29) is 12.0 Å². The largest absolute Gasteiger partial charge is 0.393 e. The van der Waals surface area contributed by atoms with Crippen LogP contribution in [-0.2, 0) is 0 Å². The monoisotopic (exact) mass is 246 g/mol. The molecule has 1 unspecified atom stereocenters. The summed E-state index contributed by atoms with van der Waals surface area (Å²) in [5, 5.41) is 10.2. The van der Waals surface area contributed by atoms with E-state index >= 15 is 0 Å². The van der Waals surface area contributed by atoms with Crippen LogP contribution in [0.1, 0.15) is 23.7 Å². The maximum Gasteiger partial charge on any atom is 0.254 e. The first-order chi connectivity index (χ1) is 8.59. The van der Waals surface area contributed by atoms with Crippen LogP contribution < -0.4 is 0 Å². The van der Waals surface area contributed by atoms with Crippen LogP contribution >= 0.6 is 0 Å². The molecule has 0 radical (unpaired) electrons. The standard InChI is InChI=1S/C14H18N2O2/c1-10(17)7-9-16(2)14(18)12-4-3-5-13-11(12)6-8-15-13/h3-6,8,10,15,17H,7,9H2,1-2H3. The average molecular weight is 246 g/mol. The highest BCUT2D eigenvalue weighted by molar-refractivity contribution is 6.06. The number of carbonyl (C=O) groups excluding carboxylic acids is 1. The summed E-state index contributed by atoms with van der Waals surface area (Å²) >= 11 is 0. The number of nitrogens with zero attached hydrogens (tertiary/aromatic N) is 1. The highest BCUT2D eigenvalue weighted by Crippen LogP contribution is 2.18. The van der Waals surface area contributed by atoms with Gasteiger partial charge in [0, 0.05) is 36.3 Å². The highest BCUT2D eigenvalue weighted by Gasteiger charge is 2.15. The third kappa shape index (κ3) is 2.54. The summed E-state index contributed by atoms with van der Waals surface area (Å²) in [6, 6.07) is 7.55. The van der Waals surface area contributed by atoms with Gasteiger partial charge < -0.3 is 15.0 Å². The highest BCUT2D eigenvalue weighted by atomic mass is 16.3. The molecule has 0 aliphatic rings. The van der Waals surface area contributed by atoms with Gasteiger partial charge in [-0.05, 0) is 31.5 Å². The van der Waals surface area contributed by atoms with Crippen molar-refractivity contribution in [1.29, 1.82) is 0 Å². The maximum absolute atomic E-state index is 12.3. The second kappa shape index (κ2) is 5.23. The predicted octanol–water partition coefficient (Wildman–Crippen LogP) is 2.01. The van der Waals surface area contributed by atoms with Gasteiger partial charge in [-0.25, -0.2) is 0 Å². The number of rotatable bonds is 4. The molecule has 0 saturated carbocycles. The number of amides is 1. The zero-order chi connectivity index (χ0) is 13.1. The van der Waals surface area contributed by atoms with Crippen molar-refractivity contribution in [1.82, 2.24) is 9.88 Å². The van der Waals surface area contributed by atoms with Gasteiger partial charge in [0.15, 0.2) is 0 Å². The Morgan fingerprint density at radius 1 is 1.44 bits per heavy atom. The summed E-state index contributed by atoms with van der Waals surface area (Å²) in [4.78, 5) is 17.0. The van der Waals surface area contributed by atoms with E-state index in [9.17, 15) is 9.90 Å². The van der Waals surface area contributed by atoms with Gasteiger partial charge in [0.2, 0.25) is 0 Å². The molecule has 2 aromatic rings. The Morgan fingerprint density at radius 2 is 2.22 bits per heavy atom. The van der Waals surface area contributed by atoms with Crippen molar-refractivity contribution in [3.8, 4) is 0 Å². The summed E-state index contributed by atoms with van der Waals surface area (Å²) in [5.74, 6) is -0.0131. The van der Waals surface area contributed by atoms with E-state index in [1.54, 1.807) is 18.9 Å². The smallest absolute Gasteiger partial charge is 0.254 e. The van der Waals surface area contributed by atoms with Crippen molar-refractivity contribution >= 4 is 16.8 Å². The normalized spacial score (nSPS) is 12.6. The molecule has 0 aliphatic carbocycles. The van der Waals surface area contributed by atoms with Gasteiger partial charge in [-0.15, -0.1) is 0 Å². The van der Waals surface area contributed by atoms with Gasteiger partial charge in [0.1, 0.15) is 0 Å². The minimum atomic E-state index is -0.386. The van der Waals surface area contributed by atoms with Crippen LogP contribution in [0.25, 0.3) is 10.9 Å². The number of aliphatic hydroxyl groups excluding tert-OH is 1. The maximum atomic E-state index is 12.3. The molecule has 1 aromatic carbocycles. The predicted molar refractivity (Wildman–Crippen MR) is 71.6 cm³/mol. The quantitative estimate of drug-likeness (QED) is 0.867. The molecule has 0 aliphatic heterocycles. The Morgan fingerprint density at radius 3 is 2.94 bits per heavy atom. The number of hydrogen-bond acceptors (Lipinski definition) is 2. The molecule has 2 N–H and O–H groups in total. The van der Waals surface area contributed by atoms with Gasteiger partial charge in [-0.3, -0.25) is 4.79 Å².